The highest BCUT2D eigenvalue weighted by molar-refractivity contribution is 5.54. The summed E-state index contributed by atoms with van der Waals surface area (Å²) in [6.07, 6.45) is 4.00. The zero-order valence-corrected chi connectivity index (χ0v) is 6.50. The summed E-state index contributed by atoms with van der Waals surface area (Å²) in [5.74, 6) is 0.953. The van der Waals surface area contributed by atoms with Crippen molar-refractivity contribution >= 4 is 5.69 Å². The fourth-order valence-corrected chi connectivity index (χ4v) is 1.19. The number of aryl methyl sites for hydroxylation is 1. The number of fused-ring (bicyclic) bond motifs is 1. The first-order valence-corrected chi connectivity index (χ1v) is 3.72. The molecule has 0 saturated carbocycles. The maximum atomic E-state index is 5.40. The molecule has 3 nitrogen and oxygen atoms in total. The highest BCUT2D eigenvalue weighted by Crippen LogP contribution is 2.23. The van der Waals surface area contributed by atoms with Gasteiger partial charge in [0, 0.05) is 12.6 Å². The van der Waals surface area contributed by atoms with Crippen molar-refractivity contribution in [2.45, 2.75) is 0 Å². The fraction of sp³-hybridized carbons (Fsp3) is 0.375. The number of hydrogen-bond donors (Lipinski definition) is 1. The molecular weight excluding hydrogens is 140 g/mol. The molecule has 1 aromatic rings. The number of nitrogens with one attached hydrogen (secondary N) is 1. The third-order valence-corrected chi connectivity index (χ3v) is 1.73. The van der Waals surface area contributed by atoms with Crippen LogP contribution >= 0.6 is 0 Å². The van der Waals surface area contributed by atoms with Gasteiger partial charge < -0.3 is 10.1 Å². The molecule has 0 aromatic carbocycles. The Balaban J connectivity index is 2.43. The Morgan fingerprint density at radius 2 is 2.55 bits per heavy atom. The molecule has 0 fully saturated rings. The highest BCUT2D eigenvalue weighted by Gasteiger charge is 2.11. The zero-order chi connectivity index (χ0) is 7.68. The molecule has 3 heteroatoms. The minimum absolute atomic E-state index is 0.765. The molecule has 1 N–H and O–H groups in total. The fourth-order valence-electron chi connectivity index (χ4n) is 1.19. The Morgan fingerprint density at radius 1 is 1.64 bits per heavy atom. The monoisotopic (exact) mass is 151 g/mol. The molecule has 0 unspecified atom stereocenters. The summed E-state index contributed by atoms with van der Waals surface area (Å²) in [7, 11) is 2.00. The van der Waals surface area contributed by atoms with Gasteiger partial charge in [-0.1, -0.05) is 0 Å². The zero-order valence-electron chi connectivity index (χ0n) is 6.50. The van der Waals surface area contributed by atoms with E-state index in [4.69, 9.17) is 4.74 Å². The molecule has 2 heterocycles. The van der Waals surface area contributed by atoms with Crippen molar-refractivity contribution in [2.24, 2.45) is 7.05 Å². The van der Waals surface area contributed by atoms with Crippen LogP contribution in [0.1, 0.15) is 0 Å². The minimum atomic E-state index is 0.765. The smallest absolute Gasteiger partial charge is 0.195 e. The summed E-state index contributed by atoms with van der Waals surface area (Å²) < 4.78 is 7.40. The Morgan fingerprint density at radius 3 is 3.45 bits per heavy atom. The maximum absolute atomic E-state index is 5.40. The number of anilines is 1. The Kier molecular flexibility index (Phi) is 1.42. The lowest BCUT2D eigenvalue weighted by atomic mass is 10.3. The second kappa shape index (κ2) is 2.42. The topological polar surface area (TPSA) is 25.1 Å². The maximum Gasteiger partial charge on any atom is 0.195 e. The van der Waals surface area contributed by atoms with Gasteiger partial charge in [0.25, 0.3) is 0 Å². The predicted molar refractivity (Wildman–Crippen MR) is 41.6 cm³/mol. The van der Waals surface area contributed by atoms with Gasteiger partial charge in [-0.15, -0.1) is 0 Å². The molecule has 0 atom stereocenters. The molecule has 58 valence electrons. The van der Waals surface area contributed by atoms with Gasteiger partial charge in [0.15, 0.2) is 18.1 Å². The van der Waals surface area contributed by atoms with Crippen LogP contribution in [0.15, 0.2) is 18.5 Å². The molecule has 0 aliphatic carbocycles. The Bertz CT molecular complexity index is 273. The molecule has 11 heavy (non-hydrogen) atoms. The van der Waals surface area contributed by atoms with E-state index in [-0.39, 0.29) is 0 Å². The van der Waals surface area contributed by atoms with Gasteiger partial charge in [0.1, 0.15) is 19.3 Å². The third kappa shape index (κ3) is 1.13. The van der Waals surface area contributed by atoms with Crippen LogP contribution in [0.25, 0.3) is 0 Å². The average Bonchev–Trinajstić information content (AvgIpc) is 2.04. The van der Waals surface area contributed by atoms with E-state index in [1.54, 1.807) is 0 Å². The van der Waals surface area contributed by atoms with Crippen molar-refractivity contribution in [2.75, 3.05) is 18.5 Å². The lowest BCUT2D eigenvalue weighted by molar-refractivity contribution is -0.670. The summed E-state index contributed by atoms with van der Waals surface area (Å²) >= 11 is 0. The predicted octanol–water partition coefficient (Wildman–Crippen LogP) is 0.315. The molecule has 0 radical (unpaired) electrons. The van der Waals surface area contributed by atoms with E-state index in [1.165, 1.54) is 0 Å². The van der Waals surface area contributed by atoms with E-state index in [9.17, 15) is 0 Å². The molecule has 0 spiro atoms. The quantitative estimate of drug-likeness (QED) is 0.540. The Labute approximate surface area is 65.6 Å². The van der Waals surface area contributed by atoms with Gasteiger partial charge in [-0.3, -0.25) is 0 Å². The van der Waals surface area contributed by atoms with Crippen LogP contribution in [-0.2, 0) is 7.05 Å². The lowest BCUT2D eigenvalue weighted by Crippen LogP contribution is -2.29. The summed E-state index contributed by atoms with van der Waals surface area (Å²) in [5, 5.41) is 3.26. The van der Waals surface area contributed by atoms with E-state index in [0.717, 1.165) is 24.6 Å². The first kappa shape index (κ1) is 6.46. The summed E-state index contributed by atoms with van der Waals surface area (Å²) in [5.41, 5.74) is 1.08. The third-order valence-electron chi connectivity index (χ3n) is 1.73. The van der Waals surface area contributed by atoms with Crippen molar-refractivity contribution in [3.63, 3.8) is 0 Å². The van der Waals surface area contributed by atoms with Crippen LogP contribution in [0.5, 0.6) is 5.75 Å². The molecule has 2 rings (SSSR count). The van der Waals surface area contributed by atoms with Crippen LogP contribution in [0.3, 0.4) is 0 Å². The number of rotatable bonds is 0. The summed E-state index contributed by atoms with van der Waals surface area (Å²) in [6, 6.07) is 1.97. The van der Waals surface area contributed by atoms with Crippen molar-refractivity contribution in [1.29, 1.82) is 0 Å². The molecular formula is C8H11N2O+. The molecule has 1 aliphatic heterocycles. The number of nitrogens with zero attached hydrogens (tertiary/aromatic N) is 1. The number of aromatic nitrogens is 1. The van der Waals surface area contributed by atoms with Crippen LogP contribution in [0.2, 0.25) is 0 Å². The van der Waals surface area contributed by atoms with Crippen LogP contribution in [0.4, 0.5) is 5.69 Å². The van der Waals surface area contributed by atoms with E-state index >= 15 is 0 Å². The van der Waals surface area contributed by atoms with Gasteiger partial charge >= 0.3 is 0 Å². The standard InChI is InChI=1S/C8H11N2O/c1-10-4-2-8-7(6-10)9-3-5-11-8/h2,4,6,9H,3,5H2,1H3/q+1. The van der Waals surface area contributed by atoms with Crippen LogP contribution < -0.4 is 14.6 Å². The number of hydrogen-bond acceptors (Lipinski definition) is 2. The van der Waals surface area contributed by atoms with Gasteiger partial charge in [-0.2, -0.15) is 0 Å². The molecule has 0 bridgehead atoms. The molecule has 1 aliphatic rings. The van der Waals surface area contributed by atoms with E-state index < -0.39 is 0 Å². The Hall–Kier alpha value is -1.25. The first-order valence-electron chi connectivity index (χ1n) is 3.72. The SMILES string of the molecule is C[n+]1ccc2c(c1)NCCO2. The first-order chi connectivity index (χ1) is 5.36. The second-order valence-electron chi connectivity index (χ2n) is 2.66. The van der Waals surface area contributed by atoms with Crippen molar-refractivity contribution < 1.29 is 9.30 Å². The van der Waals surface area contributed by atoms with Gasteiger partial charge in [0.05, 0.1) is 0 Å². The van der Waals surface area contributed by atoms with Gasteiger partial charge in [-0.25, -0.2) is 4.57 Å². The average molecular weight is 151 g/mol. The van der Waals surface area contributed by atoms with E-state index in [0.29, 0.717) is 0 Å². The van der Waals surface area contributed by atoms with Crippen molar-refractivity contribution in [1.82, 2.24) is 0 Å². The number of ether oxygens (including phenoxy) is 1. The van der Waals surface area contributed by atoms with E-state index in [1.807, 2.05) is 30.1 Å². The summed E-state index contributed by atoms with van der Waals surface area (Å²) in [4.78, 5) is 0. The second-order valence-corrected chi connectivity index (χ2v) is 2.66. The van der Waals surface area contributed by atoms with Crippen molar-refractivity contribution in [3.8, 4) is 5.75 Å². The minimum Gasteiger partial charge on any atom is -0.489 e. The van der Waals surface area contributed by atoms with Crippen LogP contribution in [0, 0.1) is 0 Å². The summed E-state index contributed by atoms with van der Waals surface area (Å²) in [6.45, 7) is 1.66. The van der Waals surface area contributed by atoms with Crippen molar-refractivity contribution in [3.05, 3.63) is 18.5 Å². The van der Waals surface area contributed by atoms with Gasteiger partial charge in [-0.05, 0) is 0 Å². The van der Waals surface area contributed by atoms with Crippen LogP contribution in [-0.4, -0.2) is 13.2 Å². The molecule has 1 aromatic heterocycles. The van der Waals surface area contributed by atoms with E-state index in [2.05, 4.69) is 5.32 Å². The highest BCUT2D eigenvalue weighted by atomic mass is 16.5. The number of pyridine rings is 1. The lowest BCUT2D eigenvalue weighted by Gasteiger charge is -2.16. The normalized spacial score (nSPS) is 14.6. The molecule has 0 saturated heterocycles. The molecule has 0 amide bonds. The largest absolute Gasteiger partial charge is 0.489 e. The van der Waals surface area contributed by atoms with Gasteiger partial charge in [0.2, 0.25) is 0 Å².